The van der Waals surface area contributed by atoms with Gasteiger partial charge in [-0.25, -0.2) is 4.79 Å². The van der Waals surface area contributed by atoms with E-state index < -0.39 is 35.5 Å². The van der Waals surface area contributed by atoms with Gasteiger partial charge in [-0.2, -0.15) is 13.2 Å². The number of nitrogens with one attached hydrogen (secondary N) is 3. The predicted octanol–water partition coefficient (Wildman–Crippen LogP) is 0.374. The largest absolute Gasteiger partial charge is 0.471 e. The van der Waals surface area contributed by atoms with Gasteiger partial charge in [0.25, 0.3) is 11.5 Å². The summed E-state index contributed by atoms with van der Waals surface area (Å²) in [5.41, 5.74) is -0.133. The van der Waals surface area contributed by atoms with Gasteiger partial charge in [-0.1, -0.05) is 12.1 Å². The molecule has 37 heavy (non-hydrogen) atoms. The Morgan fingerprint density at radius 1 is 1.14 bits per heavy atom. The van der Waals surface area contributed by atoms with Crippen LogP contribution in [-0.2, 0) is 27.2 Å². The van der Waals surface area contributed by atoms with Crippen molar-refractivity contribution in [2.75, 3.05) is 26.4 Å². The number of aliphatic hydroxyl groups excluding tert-OH is 1. The lowest BCUT2D eigenvalue weighted by Crippen LogP contribution is -2.36. The van der Waals surface area contributed by atoms with Crippen LogP contribution < -0.4 is 21.9 Å². The Morgan fingerprint density at radius 2 is 1.86 bits per heavy atom. The third kappa shape index (κ3) is 8.00. The van der Waals surface area contributed by atoms with E-state index in [4.69, 9.17) is 9.47 Å². The summed E-state index contributed by atoms with van der Waals surface area (Å²) in [6, 6.07) is 5.70. The van der Waals surface area contributed by atoms with E-state index in [1.165, 1.54) is 35.0 Å². The van der Waals surface area contributed by atoms with Gasteiger partial charge < -0.3 is 25.2 Å². The fraction of sp³-hybridized carbons (Fsp3) is 0.478. The average molecular weight is 528 g/mol. The van der Waals surface area contributed by atoms with Gasteiger partial charge in [0, 0.05) is 36.8 Å². The maximum absolute atomic E-state index is 12.2. The van der Waals surface area contributed by atoms with Gasteiger partial charge in [0.2, 0.25) is 0 Å². The molecule has 0 radical (unpaired) electrons. The summed E-state index contributed by atoms with van der Waals surface area (Å²) in [7, 11) is 0. The minimum atomic E-state index is -4.96. The number of aromatic nitrogens is 2. The van der Waals surface area contributed by atoms with Crippen LogP contribution in [0, 0.1) is 0 Å². The summed E-state index contributed by atoms with van der Waals surface area (Å²) in [5, 5.41) is 13.6. The highest BCUT2D eigenvalue weighted by Crippen LogP contribution is 2.26. The third-order valence-corrected chi connectivity index (χ3v) is 5.61. The van der Waals surface area contributed by atoms with Gasteiger partial charge in [0.05, 0.1) is 25.9 Å². The average Bonchev–Trinajstić information content (AvgIpc) is 3.34. The number of hydrogen-bond acceptors (Lipinski definition) is 7. The number of rotatable bonds is 11. The minimum absolute atomic E-state index is 0.148. The lowest BCUT2D eigenvalue weighted by Gasteiger charge is -2.15. The maximum atomic E-state index is 12.2. The van der Waals surface area contributed by atoms with Crippen LogP contribution in [0.25, 0.3) is 0 Å². The van der Waals surface area contributed by atoms with Gasteiger partial charge in [0.1, 0.15) is 6.23 Å². The summed E-state index contributed by atoms with van der Waals surface area (Å²) in [6.07, 6.45) is -3.11. The van der Waals surface area contributed by atoms with Crippen LogP contribution in [0.1, 0.15) is 40.6 Å². The van der Waals surface area contributed by atoms with Crippen LogP contribution in [-0.4, -0.2) is 65.1 Å². The van der Waals surface area contributed by atoms with Crippen LogP contribution in [0.5, 0.6) is 0 Å². The van der Waals surface area contributed by atoms with E-state index >= 15 is 0 Å². The number of aliphatic hydroxyl groups is 1. The molecule has 2 heterocycles. The number of amides is 2. The highest BCUT2D eigenvalue weighted by molar-refractivity contribution is 5.94. The fourth-order valence-electron chi connectivity index (χ4n) is 3.62. The zero-order chi connectivity index (χ0) is 27.0. The molecule has 1 aliphatic heterocycles. The van der Waals surface area contributed by atoms with Crippen LogP contribution in [0.3, 0.4) is 0 Å². The maximum Gasteiger partial charge on any atom is 0.471 e. The summed E-state index contributed by atoms with van der Waals surface area (Å²) < 4.78 is 49.0. The molecule has 0 unspecified atom stereocenters. The number of hydrogen-bond donors (Lipinski definition) is 4. The first-order chi connectivity index (χ1) is 17.6. The zero-order valence-corrected chi connectivity index (χ0v) is 19.7. The Kier molecular flexibility index (Phi) is 9.60. The van der Waals surface area contributed by atoms with Crippen LogP contribution in [0.2, 0.25) is 0 Å². The highest BCUT2D eigenvalue weighted by atomic mass is 19.4. The SMILES string of the molecule is O=C(NCCOCCc1cn([C@H]2CC[C@@H](CO)O2)c(=O)[nH]c1=O)c1ccc(CNC(=O)C(F)(F)F)cc1. The highest BCUT2D eigenvalue weighted by Gasteiger charge is 2.38. The van der Waals surface area contributed by atoms with Crippen LogP contribution in [0.4, 0.5) is 13.2 Å². The summed E-state index contributed by atoms with van der Waals surface area (Å²) in [6.45, 7) is -0.0148. The standard InChI is InChI=1S/C23H27F3N4O7/c24-23(25,26)21(34)28-11-14-1-3-15(4-2-14)19(32)27-8-10-36-9-7-16-12-30(22(35)29-20(16)33)18-6-5-17(13-31)37-18/h1-4,12,17-18,31H,5-11,13H2,(H,27,32)(H,28,34)(H,29,33,35)/t17-,18+/m0/s1. The molecule has 14 heteroatoms. The van der Waals surface area contributed by atoms with Crippen molar-refractivity contribution >= 4 is 11.8 Å². The van der Waals surface area contributed by atoms with E-state index in [2.05, 4.69) is 10.3 Å². The molecule has 11 nitrogen and oxygen atoms in total. The fourth-order valence-corrected chi connectivity index (χ4v) is 3.62. The number of carbonyl (C=O) groups is 2. The second kappa shape index (κ2) is 12.7. The normalized spacial score (nSPS) is 17.5. The molecule has 2 aromatic rings. The Balaban J connectivity index is 1.39. The Morgan fingerprint density at radius 3 is 2.51 bits per heavy atom. The van der Waals surface area contributed by atoms with Crippen molar-refractivity contribution in [3.05, 3.63) is 68.0 Å². The van der Waals surface area contributed by atoms with E-state index in [0.29, 0.717) is 24.0 Å². The molecule has 1 aliphatic rings. The molecule has 3 rings (SSSR count). The van der Waals surface area contributed by atoms with Gasteiger partial charge in [-0.3, -0.25) is 23.9 Å². The molecule has 0 saturated carbocycles. The number of nitrogens with zero attached hydrogens (tertiary/aromatic N) is 1. The number of halogens is 3. The lowest BCUT2D eigenvalue weighted by molar-refractivity contribution is -0.173. The first-order valence-corrected chi connectivity index (χ1v) is 11.5. The molecule has 1 aromatic heterocycles. The molecule has 2 atom stereocenters. The third-order valence-electron chi connectivity index (χ3n) is 5.61. The van der Waals surface area contributed by atoms with E-state index in [0.717, 1.165) is 0 Å². The molecular formula is C23H27F3N4O7. The number of ether oxygens (including phenoxy) is 2. The second-order valence-corrected chi connectivity index (χ2v) is 8.29. The summed E-state index contributed by atoms with van der Waals surface area (Å²) in [5.74, 6) is -2.46. The zero-order valence-electron chi connectivity index (χ0n) is 19.7. The first-order valence-electron chi connectivity index (χ1n) is 11.5. The molecule has 4 N–H and O–H groups in total. The Labute approximate surface area is 208 Å². The van der Waals surface area contributed by atoms with Crippen molar-refractivity contribution in [1.29, 1.82) is 0 Å². The first kappa shape index (κ1) is 28.1. The molecule has 0 aliphatic carbocycles. The van der Waals surface area contributed by atoms with Gasteiger partial charge in [-0.15, -0.1) is 0 Å². The quantitative estimate of drug-likeness (QED) is 0.308. The van der Waals surface area contributed by atoms with Gasteiger partial charge >= 0.3 is 17.8 Å². The summed E-state index contributed by atoms with van der Waals surface area (Å²) in [4.78, 5) is 49.5. The van der Waals surface area contributed by atoms with Crippen LogP contribution in [0.15, 0.2) is 40.1 Å². The molecule has 2 amide bonds. The minimum Gasteiger partial charge on any atom is -0.394 e. The van der Waals surface area contributed by atoms with E-state index in [-0.39, 0.29) is 51.0 Å². The molecule has 0 spiro atoms. The van der Waals surface area contributed by atoms with E-state index in [9.17, 15) is 37.5 Å². The molecule has 202 valence electrons. The number of carbonyl (C=O) groups excluding carboxylic acids is 2. The number of benzene rings is 1. The topological polar surface area (TPSA) is 152 Å². The number of alkyl halides is 3. The van der Waals surface area contributed by atoms with E-state index in [1.807, 2.05) is 0 Å². The second-order valence-electron chi connectivity index (χ2n) is 8.29. The number of H-pyrrole nitrogens is 1. The Bertz CT molecular complexity index is 1190. The van der Waals surface area contributed by atoms with Gasteiger partial charge in [0.15, 0.2) is 0 Å². The monoisotopic (exact) mass is 528 g/mol. The predicted molar refractivity (Wildman–Crippen MR) is 123 cm³/mol. The smallest absolute Gasteiger partial charge is 0.394 e. The van der Waals surface area contributed by atoms with Crippen LogP contribution >= 0.6 is 0 Å². The lowest BCUT2D eigenvalue weighted by atomic mass is 10.1. The van der Waals surface area contributed by atoms with Crippen molar-refractivity contribution < 1.29 is 37.3 Å². The van der Waals surface area contributed by atoms with Crippen molar-refractivity contribution in [2.24, 2.45) is 0 Å². The molecule has 1 aromatic carbocycles. The molecular weight excluding hydrogens is 501 g/mol. The van der Waals surface area contributed by atoms with Crippen molar-refractivity contribution in [3.63, 3.8) is 0 Å². The Hall–Kier alpha value is -3.49. The summed E-state index contributed by atoms with van der Waals surface area (Å²) >= 11 is 0. The van der Waals surface area contributed by atoms with Crippen molar-refractivity contribution in [2.45, 2.75) is 44.3 Å². The van der Waals surface area contributed by atoms with Crippen molar-refractivity contribution in [1.82, 2.24) is 20.2 Å². The van der Waals surface area contributed by atoms with Crippen molar-refractivity contribution in [3.8, 4) is 0 Å². The molecule has 0 bridgehead atoms. The van der Waals surface area contributed by atoms with Gasteiger partial charge in [-0.05, 0) is 30.5 Å². The molecule has 1 fully saturated rings. The molecule has 1 saturated heterocycles. The van der Waals surface area contributed by atoms with E-state index in [1.54, 1.807) is 5.32 Å². The number of aromatic amines is 1.